The molecule has 2 aromatic carbocycles. The van der Waals surface area contributed by atoms with Crippen LogP contribution in [-0.2, 0) is 16.9 Å². The minimum absolute atomic E-state index is 1.13. The van der Waals surface area contributed by atoms with Gasteiger partial charge in [0.1, 0.15) is 9.84 Å². The molecule has 0 saturated heterocycles. The molecule has 0 fully saturated rings. The van der Waals surface area contributed by atoms with Crippen molar-refractivity contribution in [3.05, 3.63) is 72.8 Å². The van der Waals surface area contributed by atoms with Crippen molar-refractivity contribution >= 4 is 20.6 Å². The number of fused-ring (bicyclic) bond motifs is 1. The zero-order valence-corrected chi connectivity index (χ0v) is 19.2. The van der Waals surface area contributed by atoms with E-state index < -0.39 is 9.84 Å². The maximum absolute atomic E-state index is 9.63. The molecule has 2 aromatic heterocycles. The highest BCUT2D eigenvalue weighted by molar-refractivity contribution is 7.89. The van der Waals surface area contributed by atoms with Gasteiger partial charge in [0.2, 0.25) is 0 Å². The van der Waals surface area contributed by atoms with Crippen LogP contribution in [-0.4, -0.2) is 35.7 Å². The minimum atomic E-state index is -2.67. The number of aromatic nitrogens is 3. The van der Waals surface area contributed by atoms with Crippen LogP contribution >= 0.6 is 0 Å². The number of rotatable bonds is 2. The summed E-state index contributed by atoms with van der Waals surface area (Å²) < 4.78 is 21.1. The second-order valence-electron chi connectivity index (χ2n) is 7.03. The van der Waals surface area contributed by atoms with Gasteiger partial charge in [-0.25, -0.2) is 8.42 Å². The molecule has 6 heteroatoms. The molecule has 30 heavy (non-hydrogen) atoms. The molecule has 0 aliphatic carbocycles. The standard InChI is InChI=1S/C20H17N3.C2H6O2S.C2H6/c1-14-3-4-17-10-21-12-20(19(17)9-14)16-7-5-15(6-8-16)18-11-22-23(2)13-18;1-5(2,3)4;1-2/h3-13H,1-2H3;1-2H3;1-2H3. The van der Waals surface area contributed by atoms with Crippen LogP contribution in [0.4, 0.5) is 0 Å². The average molecular weight is 424 g/mol. The van der Waals surface area contributed by atoms with E-state index in [2.05, 4.69) is 59.5 Å². The Hall–Kier alpha value is -2.99. The topological polar surface area (TPSA) is 64.8 Å². The lowest BCUT2D eigenvalue weighted by Crippen LogP contribution is -1.86. The van der Waals surface area contributed by atoms with E-state index in [4.69, 9.17) is 0 Å². The molecule has 0 saturated carbocycles. The molecule has 0 atom stereocenters. The molecular weight excluding hydrogens is 394 g/mol. The van der Waals surface area contributed by atoms with Crippen molar-refractivity contribution < 1.29 is 8.42 Å². The highest BCUT2D eigenvalue weighted by Gasteiger charge is 2.06. The van der Waals surface area contributed by atoms with E-state index in [1.807, 2.05) is 50.4 Å². The van der Waals surface area contributed by atoms with Gasteiger partial charge in [-0.3, -0.25) is 9.67 Å². The summed E-state index contributed by atoms with van der Waals surface area (Å²) in [5.74, 6) is 0. The number of aryl methyl sites for hydroxylation is 2. The first-order chi connectivity index (χ1) is 14.2. The Kier molecular flexibility index (Phi) is 7.89. The number of hydrogen-bond acceptors (Lipinski definition) is 4. The van der Waals surface area contributed by atoms with Gasteiger partial charge in [-0.05, 0) is 23.4 Å². The molecule has 0 aliphatic heterocycles. The van der Waals surface area contributed by atoms with E-state index >= 15 is 0 Å². The molecular formula is C24H29N3O2S. The molecule has 0 bridgehead atoms. The first-order valence-electron chi connectivity index (χ1n) is 9.79. The number of benzene rings is 2. The maximum Gasteiger partial charge on any atom is 0.144 e. The van der Waals surface area contributed by atoms with Gasteiger partial charge in [-0.2, -0.15) is 5.10 Å². The lowest BCUT2D eigenvalue weighted by molar-refractivity contribution is 0.607. The first-order valence-corrected chi connectivity index (χ1v) is 12.1. The second-order valence-corrected chi connectivity index (χ2v) is 9.32. The Morgan fingerprint density at radius 3 is 2.00 bits per heavy atom. The summed E-state index contributed by atoms with van der Waals surface area (Å²) in [5, 5.41) is 6.65. The first kappa shape index (κ1) is 23.3. The zero-order chi connectivity index (χ0) is 22.3. The van der Waals surface area contributed by atoms with Crippen LogP contribution < -0.4 is 0 Å². The Morgan fingerprint density at radius 1 is 0.833 bits per heavy atom. The number of pyridine rings is 1. The fraction of sp³-hybridized carbons (Fsp3) is 0.250. The largest absolute Gasteiger partial charge is 0.275 e. The summed E-state index contributed by atoms with van der Waals surface area (Å²) in [5.41, 5.74) is 5.92. The normalized spacial score (nSPS) is 10.6. The van der Waals surface area contributed by atoms with Crippen LogP contribution in [0.2, 0.25) is 0 Å². The molecule has 0 unspecified atom stereocenters. The van der Waals surface area contributed by atoms with Gasteiger partial charge in [0.05, 0.1) is 6.20 Å². The van der Waals surface area contributed by atoms with Gasteiger partial charge >= 0.3 is 0 Å². The molecule has 0 N–H and O–H groups in total. The Labute approximate surface area is 179 Å². The summed E-state index contributed by atoms with van der Waals surface area (Å²) in [4.78, 5) is 4.39. The van der Waals surface area contributed by atoms with Gasteiger partial charge in [-0.1, -0.05) is 61.9 Å². The van der Waals surface area contributed by atoms with Crippen molar-refractivity contribution in [2.45, 2.75) is 20.8 Å². The van der Waals surface area contributed by atoms with Crippen molar-refractivity contribution in [2.24, 2.45) is 7.05 Å². The monoisotopic (exact) mass is 423 g/mol. The zero-order valence-electron chi connectivity index (χ0n) is 18.4. The van der Waals surface area contributed by atoms with Crippen LogP contribution in [0.25, 0.3) is 33.0 Å². The third-order valence-corrected chi connectivity index (χ3v) is 4.15. The third-order valence-electron chi connectivity index (χ3n) is 4.15. The van der Waals surface area contributed by atoms with E-state index in [0.29, 0.717) is 0 Å². The summed E-state index contributed by atoms with van der Waals surface area (Å²) in [7, 11) is -0.734. The van der Waals surface area contributed by atoms with Crippen LogP contribution in [0, 0.1) is 6.92 Å². The van der Waals surface area contributed by atoms with Crippen LogP contribution in [0.5, 0.6) is 0 Å². The summed E-state index contributed by atoms with van der Waals surface area (Å²) >= 11 is 0. The fourth-order valence-corrected chi connectivity index (χ4v) is 2.92. The summed E-state index contributed by atoms with van der Waals surface area (Å²) in [6.07, 6.45) is 10.1. The van der Waals surface area contributed by atoms with E-state index in [9.17, 15) is 8.42 Å². The number of hydrogen-bond donors (Lipinski definition) is 0. The molecule has 0 aliphatic rings. The van der Waals surface area contributed by atoms with Gasteiger partial charge in [0.15, 0.2) is 0 Å². The number of sulfone groups is 1. The highest BCUT2D eigenvalue weighted by atomic mass is 32.2. The van der Waals surface area contributed by atoms with Gasteiger partial charge in [0, 0.05) is 54.7 Å². The predicted octanol–water partition coefficient (Wildman–Crippen LogP) is 5.30. The van der Waals surface area contributed by atoms with Gasteiger partial charge in [0.25, 0.3) is 0 Å². The highest BCUT2D eigenvalue weighted by Crippen LogP contribution is 2.30. The van der Waals surface area contributed by atoms with Crippen molar-refractivity contribution in [2.75, 3.05) is 12.5 Å². The van der Waals surface area contributed by atoms with Crippen molar-refractivity contribution in [3.8, 4) is 22.3 Å². The Bertz CT molecular complexity index is 1200. The Morgan fingerprint density at radius 2 is 1.43 bits per heavy atom. The van der Waals surface area contributed by atoms with E-state index in [-0.39, 0.29) is 0 Å². The molecule has 2 heterocycles. The maximum atomic E-state index is 9.63. The smallest absolute Gasteiger partial charge is 0.144 e. The SMILES string of the molecule is CC.CS(C)(=O)=O.Cc1ccc2cncc(-c3ccc(-c4cnn(C)c4)cc3)c2c1. The quantitative estimate of drug-likeness (QED) is 0.439. The summed E-state index contributed by atoms with van der Waals surface area (Å²) in [6, 6.07) is 15.1. The van der Waals surface area contributed by atoms with Gasteiger partial charge in [-0.15, -0.1) is 0 Å². The molecule has 4 rings (SSSR count). The summed E-state index contributed by atoms with van der Waals surface area (Å²) in [6.45, 7) is 6.12. The second kappa shape index (κ2) is 10.2. The molecule has 158 valence electrons. The predicted molar refractivity (Wildman–Crippen MR) is 126 cm³/mol. The molecule has 0 amide bonds. The Balaban J connectivity index is 0.000000404. The molecule has 5 nitrogen and oxygen atoms in total. The fourth-order valence-electron chi connectivity index (χ4n) is 2.92. The van der Waals surface area contributed by atoms with Crippen molar-refractivity contribution in [1.82, 2.24) is 14.8 Å². The lowest BCUT2D eigenvalue weighted by atomic mass is 9.98. The van der Waals surface area contributed by atoms with E-state index in [1.54, 1.807) is 0 Å². The molecule has 0 spiro atoms. The number of nitrogens with zero attached hydrogens (tertiary/aromatic N) is 3. The average Bonchev–Trinajstić information content (AvgIpc) is 3.14. The van der Waals surface area contributed by atoms with Gasteiger partial charge < -0.3 is 0 Å². The molecule has 4 aromatic rings. The van der Waals surface area contributed by atoms with Crippen LogP contribution in [0.1, 0.15) is 19.4 Å². The molecule has 0 radical (unpaired) electrons. The minimum Gasteiger partial charge on any atom is -0.275 e. The van der Waals surface area contributed by atoms with Crippen molar-refractivity contribution in [3.63, 3.8) is 0 Å². The van der Waals surface area contributed by atoms with Crippen LogP contribution in [0.3, 0.4) is 0 Å². The van der Waals surface area contributed by atoms with E-state index in [0.717, 1.165) is 18.1 Å². The van der Waals surface area contributed by atoms with Crippen molar-refractivity contribution in [1.29, 1.82) is 0 Å². The third kappa shape index (κ3) is 6.52. The van der Waals surface area contributed by atoms with Crippen LogP contribution in [0.15, 0.2) is 67.3 Å². The van der Waals surface area contributed by atoms with E-state index in [1.165, 1.54) is 33.0 Å². The lowest BCUT2D eigenvalue weighted by Gasteiger charge is -2.08.